The van der Waals surface area contributed by atoms with E-state index in [1.165, 1.54) is 6.08 Å². The second-order valence-electron chi connectivity index (χ2n) is 7.29. The third-order valence-electron chi connectivity index (χ3n) is 4.62. The quantitative estimate of drug-likeness (QED) is 0.352. The normalized spacial score (nSPS) is 10.7. The van der Waals surface area contributed by atoms with E-state index in [1.54, 1.807) is 6.08 Å². The molecule has 0 aliphatic rings. The lowest BCUT2D eigenvalue weighted by atomic mass is 10.1. The van der Waals surface area contributed by atoms with Gasteiger partial charge < -0.3 is 14.8 Å². The van der Waals surface area contributed by atoms with Crippen molar-refractivity contribution in [1.29, 1.82) is 0 Å². The first-order chi connectivity index (χ1) is 15.4. The molecule has 0 spiro atoms. The Morgan fingerprint density at radius 2 is 1.69 bits per heavy atom. The number of hydrogen-bond acceptors (Lipinski definition) is 4. The van der Waals surface area contributed by atoms with Crippen LogP contribution in [0.3, 0.4) is 0 Å². The van der Waals surface area contributed by atoms with Crippen LogP contribution in [0, 0.1) is 13.8 Å². The van der Waals surface area contributed by atoms with Crippen molar-refractivity contribution in [3.63, 3.8) is 0 Å². The Kier molecular flexibility index (Phi) is 8.06. The highest BCUT2D eigenvalue weighted by Crippen LogP contribution is 2.17. The maximum atomic E-state index is 12.0. The molecular formula is C26H24ClNO4. The molecule has 3 aromatic rings. The van der Waals surface area contributed by atoms with Gasteiger partial charge in [-0.3, -0.25) is 4.79 Å². The molecule has 32 heavy (non-hydrogen) atoms. The van der Waals surface area contributed by atoms with Gasteiger partial charge in [0.1, 0.15) is 12.4 Å². The van der Waals surface area contributed by atoms with E-state index >= 15 is 0 Å². The van der Waals surface area contributed by atoms with Crippen molar-refractivity contribution in [3.8, 4) is 5.75 Å². The summed E-state index contributed by atoms with van der Waals surface area (Å²) >= 11 is 5.88. The molecule has 3 aromatic carbocycles. The standard InChI is InChI=1S/C26H24ClNO4/c1-18-3-4-19(2)24(15-18)28-25(29)17-32-26(30)14-9-20-7-12-23(13-8-20)31-16-21-5-10-22(27)11-6-21/h3-15H,16-17H2,1-2H3,(H,28,29)/b14-9+. The molecule has 0 radical (unpaired) electrons. The summed E-state index contributed by atoms with van der Waals surface area (Å²) in [5.74, 6) is -0.269. The minimum Gasteiger partial charge on any atom is -0.489 e. The van der Waals surface area contributed by atoms with E-state index in [-0.39, 0.29) is 12.5 Å². The van der Waals surface area contributed by atoms with Crippen LogP contribution >= 0.6 is 11.6 Å². The monoisotopic (exact) mass is 449 g/mol. The molecule has 0 heterocycles. The number of halogens is 1. The van der Waals surface area contributed by atoms with E-state index in [0.717, 1.165) is 22.3 Å². The van der Waals surface area contributed by atoms with Crippen molar-refractivity contribution in [2.45, 2.75) is 20.5 Å². The van der Waals surface area contributed by atoms with Crippen LogP contribution in [0.5, 0.6) is 5.75 Å². The van der Waals surface area contributed by atoms with Crippen LogP contribution in [-0.4, -0.2) is 18.5 Å². The Bertz CT molecular complexity index is 1110. The van der Waals surface area contributed by atoms with E-state index < -0.39 is 5.97 Å². The van der Waals surface area contributed by atoms with Crippen molar-refractivity contribution in [2.75, 3.05) is 11.9 Å². The summed E-state index contributed by atoms with van der Waals surface area (Å²) in [4.78, 5) is 24.0. The van der Waals surface area contributed by atoms with Gasteiger partial charge in [-0.2, -0.15) is 0 Å². The molecule has 0 atom stereocenters. The summed E-state index contributed by atoms with van der Waals surface area (Å²) < 4.78 is 10.8. The highest BCUT2D eigenvalue weighted by Gasteiger charge is 2.07. The number of anilines is 1. The summed E-state index contributed by atoms with van der Waals surface area (Å²) in [6.45, 7) is 3.92. The summed E-state index contributed by atoms with van der Waals surface area (Å²) in [7, 11) is 0. The van der Waals surface area contributed by atoms with Gasteiger partial charge in [-0.15, -0.1) is 0 Å². The fourth-order valence-electron chi connectivity index (χ4n) is 2.83. The predicted molar refractivity (Wildman–Crippen MR) is 127 cm³/mol. The van der Waals surface area contributed by atoms with Gasteiger partial charge in [0.15, 0.2) is 6.61 Å². The molecule has 0 unspecified atom stereocenters. The van der Waals surface area contributed by atoms with Gasteiger partial charge in [-0.1, -0.05) is 48.0 Å². The number of rotatable bonds is 8. The number of carbonyl (C=O) groups is 2. The molecule has 0 aliphatic heterocycles. The van der Waals surface area contributed by atoms with E-state index in [1.807, 2.05) is 80.6 Å². The van der Waals surface area contributed by atoms with Crippen LogP contribution in [0.4, 0.5) is 5.69 Å². The van der Waals surface area contributed by atoms with Crippen LogP contribution in [0.25, 0.3) is 6.08 Å². The maximum Gasteiger partial charge on any atom is 0.331 e. The van der Waals surface area contributed by atoms with Gasteiger partial charge in [0.05, 0.1) is 0 Å². The smallest absolute Gasteiger partial charge is 0.331 e. The lowest BCUT2D eigenvalue weighted by Gasteiger charge is -2.09. The van der Waals surface area contributed by atoms with Crippen LogP contribution in [0.2, 0.25) is 5.02 Å². The number of benzene rings is 3. The number of hydrogen-bond donors (Lipinski definition) is 1. The number of esters is 1. The Balaban J connectivity index is 1.44. The topological polar surface area (TPSA) is 64.6 Å². The Hall–Kier alpha value is -3.57. The summed E-state index contributed by atoms with van der Waals surface area (Å²) in [6, 6.07) is 20.5. The first-order valence-corrected chi connectivity index (χ1v) is 10.5. The molecule has 3 rings (SSSR count). The van der Waals surface area contributed by atoms with Crippen LogP contribution in [0.1, 0.15) is 22.3 Å². The first-order valence-electron chi connectivity index (χ1n) is 10.1. The first kappa shape index (κ1) is 23.1. The van der Waals surface area contributed by atoms with Crippen LogP contribution in [-0.2, 0) is 20.9 Å². The molecule has 0 bridgehead atoms. The fraction of sp³-hybridized carbons (Fsp3) is 0.154. The zero-order chi connectivity index (χ0) is 22.9. The molecular weight excluding hydrogens is 426 g/mol. The molecule has 0 fully saturated rings. The number of carbonyl (C=O) groups excluding carboxylic acids is 2. The largest absolute Gasteiger partial charge is 0.489 e. The van der Waals surface area contributed by atoms with E-state index in [9.17, 15) is 9.59 Å². The highest BCUT2D eigenvalue weighted by atomic mass is 35.5. The van der Waals surface area contributed by atoms with E-state index in [0.29, 0.717) is 23.1 Å². The average Bonchev–Trinajstić information content (AvgIpc) is 2.79. The molecule has 1 N–H and O–H groups in total. The zero-order valence-corrected chi connectivity index (χ0v) is 18.7. The summed E-state index contributed by atoms with van der Waals surface area (Å²) in [5, 5.41) is 3.44. The van der Waals surface area contributed by atoms with Crippen molar-refractivity contribution in [2.24, 2.45) is 0 Å². The fourth-order valence-corrected chi connectivity index (χ4v) is 2.95. The number of amides is 1. The Morgan fingerprint density at radius 3 is 2.41 bits per heavy atom. The third kappa shape index (κ3) is 7.29. The van der Waals surface area contributed by atoms with Crippen molar-refractivity contribution in [1.82, 2.24) is 0 Å². The molecule has 6 heteroatoms. The molecule has 0 saturated carbocycles. The van der Waals surface area contributed by atoms with Gasteiger partial charge in [-0.25, -0.2) is 4.79 Å². The number of nitrogens with one attached hydrogen (secondary N) is 1. The maximum absolute atomic E-state index is 12.0. The molecule has 0 saturated heterocycles. The summed E-state index contributed by atoms with van der Waals surface area (Å²) in [6.07, 6.45) is 2.91. The van der Waals surface area contributed by atoms with Gasteiger partial charge in [0.25, 0.3) is 5.91 Å². The molecule has 164 valence electrons. The Labute approximate surface area is 192 Å². The average molecular weight is 450 g/mol. The van der Waals surface area contributed by atoms with E-state index in [4.69, 9.17) is 21.1 Å². The molecule has 1 amide bonds. The molecule has 5 nitrogen and oxygen atoms in total. The second kappa shape index (κ2) is 11.2. The minimum absolute atomic E-state index is 0.353. The molecule has 0 aliphatic carbocycles. The predicted octanol–water partition coefficient (Wildman–Crippen LogP) is 5.73. The molecule has 0 aromatic heterocycles. The van der Waals surface area contributed by atoms with Gasteiger partial charge >= 0.3 is 5.97 Å². The lowest BCUT2D eigenvalue weighted by molar-refractivity contribution is -0.142. The number of ether oxygens (including phenoxy) is 2. The third-order valence-corrected chi connectivity index (χ3v) is 4.88. The van der Waals surface area contributed by atoms with Gasteiger partial charge in [0, 0.05) is 16.8 Å². The van der Waals surface area contributed by atoms with E-state index in [2.05, 4.69) is 5.32 Å². The minimum atomic E-state index is -0.593. The highest BCUT2D eigenvalue weighted by molar-refractivity contribution is 6.30. The van der Waals surface area contributed by atoms with Crippen molar-refractivity contribution < 1.29 is 19.1 Å². The second-order valence-corrected chi connectivity index (χ2v) is 7.73. The zero-order valence-electron chi connectivity index (χ0n) is 17.9. The van der Waals surface area contributed by atoms with Gasteiger partial charge in [0.2, 0.25) is 0 Å². The summed E-state index contributed by atoms with van der Waals surface area (Å²) in [5.41, 5.74) is 4.51. The lowest BCUT2D eigenvalue weighted by Crippen LogP contribution is -2.20. The SMILES string of the molecule is Cc1ccc(C)c(NC(=O)COC(=O)/C=C/c2ccc(OCc3ccc(Cl)cc3)cc2)c1. The Morgan fingerprint density at radius 1 is 0.969 bits per heavy atom. The van der Waals surface area contributed by atoms with Gasteiger partial charge in [-0.05, 0) is 72.5 Å². The van der Waals surface area contributed by atoms with Crippen molar-refractivity contribution in [3.05, 3.63) is 100 Å². The number of aryl methyl sites for hydroxylation is 2. The van der Waals surface area contributed by atoms with Crippen LogP contribution in [0.15, 0.2) is 72.8 Å². The van der Waals surface area contributed by atoms with Crippen molar-refractivity contribution >= 4 is 35.2 Å². The van der Waals surface area contributed by atoms with Crippen LogP contribution < -0.4 is 10.1 Å².